The Morgan fingerprint density at radius 1 is 1.22 bits per heavy atom. The molecule has 190 valence electrons. The van der Waals surface area contributed by atoms with Gasteiger partial charge in [0.05, 0.1) is 34.3 Å². The van der Waals surface area contributed by atoms with Gasteiger partial charge in [-0.15, -0.1) is 11.3 Å². The van der Waals surface area contributed by atoms with Gasteiger partial charge in [-0.05, 0) is 56.2 Å². The van der Waals surface area contributed by atoms with Gasteiger partial charge in [0.15, 0.2) is 6.29 Å². The van der Waals surface area contributed by atoms with Gasteiger partial charge in [-0.2, -0.15) is 0 Å². The molecule has 3 aromatic rings. The number of carbonyl (C=O) groups excluding carboxylic acids is 3. The molecule has 1 aliphatic rings. The molecule has 0 aliphatic carbocycles. The van der Waals surface area contributed by atoms with Gasteiger partial charge in [0.25, 0.3) is 0 Å². The first-order valence-corrected chi connectivity index (χ1v) is 12.7. The smallest absolute Gasteiger partial charge is 0.331 e. The van der Waals surface area contributed by atoms with Crippen LogP contribution in [0.2, 0.25) is 5.02 Å². The zero-order chi connectivity index (χ0) is 26.0. The van der Waals surface area contributed by atoms with Gasteiger partial charge in [0, 0.05) is 17.3 Å². The van der Waals surface area contributed by atoms with Crippen LogP contribution in [0, 0.1) is 5.41 Å². The Morgan fingerprint density at radius 2 is 1.94 bits per heavy atom. The first kappa shape index (κ1) is 25.7. The number of benzene rings is 2. The molecule has 1 fully saturated rings. The maximum atomic E-state index is 13.6. The van der Waals surface area contributed by atoms with Crippen LogP contribution in [-0.4, -0.2) is 52.8 Å². The normalized spacial score (nSPS) is 16.3. The molecular weight excluding hydrogens is 502 g/mol. The van der Waals surface area contributed by atoms with Crippen molar-refractivity contribution in [3.63, 3.8) is 0 Å². The first-order chi connectivity index (χ1) is 17.1. The van der Waals surface area contributed by atoms with Crippen LogP contribution in [0.5, 0.6) is 0 Å². The predicted octanol–water partition coefficient (Wildman–Crippen LogP) is 5.05. The Kier molecular flexibility index (Phi) is 7.37. The maximum Gasteiger partial charge on any atom is 0.331 e. The fraction of sp³-hybridized carbons (Fsp3) is 0.360. The Hall–Kier alpha value is -3.37. The highest BCUT2D eigenvalue weighted by molar-refractivity contribution is 7.18. The van der Waals surface area contributed by atoms with Crippen LogP contribution in [0.4, 0.5) is 15.3 Å². The number of urea groups is 2. The third kappa shape index (κ3) is 5.39. The summed E-state index contributed by atoms with van der Waals surface area (Å²) in [5, 5.41) is 7.75. The molecule has 2 aromatic carbocycles. The summed E-state index contributed by atoms with van der Waals surface area (Å²) >= 11 is 7.64. The van der Waals surface area contributed by atoms with Crippen molar-refractivity contribution in [2.45, 2.75) is 40.0 Å². The van der Waals surface area contributed by atoms with Crippen molar-refractivity contribution in [3.05, 3.63) is 58.1 Å². The molecule has 0 saturated carbocycles. The van der Waals surface area contributed by atoms with Crippen LogP contribution >= 0.6 is 22.9 Å². The highest BCUT2D eigenvalue weighted by atomic mass is 35.5. The summed E-state index contributed by atoms with van der Waals surface area (Å²) in [6.07, 6.45) is 0.0243. The number of esters is 1. The summed E-state index contributed by atoms with van der Waals surface area (Å²) in [5.74, 6) is -0.517. The molecule has 4 amide bonds. The van der Waals surface area contributed by atoms with Gasteiger partial charge in [0.1, 0.15) is 0 Å². The molecule has 36 heavy (non-hydrogen) atoms. The van der Waals surface area contributed by atoms with E-state index in [1.54, 1.807) is 37.3 Å². The zero-order valence-electron chi connectivity index (χ0n) is 20.5. The van der Waals surface area contributed by atoms with E-state index < -0.39 is 29.7 Å². The molecule has 0 spiro atoms. The van der Waals surface area contributed by atoms with E-state index in [4.69, 9.17) is 16.3 Å². The summed E-state index contributed by atoms with van der Waals surface area (Å²) in [5.41, 5.74) is 1.38. The third-order valence-corrected chi connectivity index (χ3v) is 7.30. The minimum atomic E-state index is -1.08. The lowest BCUT2D eigenvalue weighted by Gasteiger charge is -2.43. The highest BCUT2D eigenvalue weighted by Gasteiger charge is 2.43. The number of fused-ring (bicyclic) bond motifs is 1. The molecular formula is C25H28ClN5O4S. The number of carbonyl (C=O) groups is 3. The van der Waals surface area contributed by atoms with Crippen LogP contribution in [0.25, 0.3) is 10.2 Å². The number of thiazole rings is 1. The SMILES string of the molecule is CCc1nc2ccc(NC3NC(=O)N(CC(C)(C)C(=O)OC)C(=O)N3Cc3ccc(Cl)cc3)cc2s1. The van der Waals surface area contributed by atoms with Crippen LogP contribution < -0.4 is 10.6 Å². The van der Waals surface area contributed by atoms with Crippen LogP contribution in [0.15, 0.2) is 42.5 Å². The lowest BCUT2D eigenvalue weighted by Crippen LogP contribution is -2.68. The topological polar surface area (TPSA) is 104 Å². The summed E-state index contributed by atoms with van der Waals surface area (Å²) in [7, 11) is 1.28. The van der Waals surface area contributed by atoms with E-state index in [1.165, 1.54) is 12.0 Å². The molecule has 1 atom stereocenters. The second-order valence-corrected chi connectivity index (χ2v) is 10.7. The van der Waals surface area contributed by atoms with Crippen LogP contribution in [-0.2, 0) is 22.5 Å². The number of nitrogens with zero attached hydrogens (tertiary/aromatic N) is 3. The van der Waals surface area contributed by atoms with Crippen molar-refractivity contribution >= 4 is 56.9 Å². The van der Waals surface area contributed by atoms with E-state index in [1.807, 2.05) is 30.3 Å². The second kappa shape index (κ2) is 10.3. The van der Waals surface area contributed by atoms with Crippen LogP contribution in [0.3, 0.4) is 0 Å². The van der Waals surface area contributed by atoms with Gasteiger partial charge in [-0.3, -0.25) is 15.0 Å². The number of methoxy groups -OCH3 is 1. The second-order valence-electron chi connectivity index (χ2n) is 9.14. The Bertz CT molecular complexity index is 1290. The number of nitrogens with one attached hydrogen (secondary N) is 2. The molecule has 9 nitrogen and oxygen atoms in total. The quantitative estimate of drug-likeness (QED) is 0.395. The van der Waals surface area contributed by atoms with Gasteiger partial charge in [-0.25, -0.2) is 19.5 Å². The first-order valence-electron chi connectivity index (χ1n) is 11.5. The molecule has 11 heteroatoms. The molecule has 2 heterocycles. The number of ether oxygens (including phenoxy) is 1. The summed E-state index contributed by atoms with van der Waals surface area (Å²) < 4.78 is 5.86. The minimum Gasteiger partial charge on any atom is -0.469 e. The molecule has 2 N–H and O–H groups in total. The Balaban J connectivity index is 1.63. The molecule has 4 rings (SSSR count). The van der Waals surface area contributed by atoms with Gasteiger partial charge < -0.3 is 10.1 Å². The number of amides is 4. The number of anilines is 1. The van der Waals surface area contributed by atoms with E-state index in [9.17, 15) is 14.4 Å². The molecule has 1 saturated heterocycles. The number of hydrogen-bond acceptors (Lipinski definition) is 7. The van der Waals surface area contributed by atoms with E-state index >= 15 is 0 Å². The van der Waals surface area contributed by atoms with E-state index in [0.717, 1.165) is 37.8 Å². The Morgan fingerprint density at radius 3 is 2.61 bits per heavy atom. The molecule has 0 bridgehead atoms. The molecule has 1 unspecified atom stereocenters. The van der Waals surface area contributed by atoms with E-state index in [0.29, 0.717) is 5.02 Å². The summed E-state index contributed by atoms with van der Waals surface area (Å²) in [4.78, 5) is 46.0. The average Bonchev–Trinajstić information content (AvgIpc) is 3.27. The Labute approximate surface area is 218 Å². The van der Waals surface area contributed by atoms with Crippen LogP contribution in [0.1, 0.15) is 31.3 Å². The number of hydrogen-bond donors (Lipinski definition) is 2. The standard InChI is InChI=1S/C25H28ClN5O4S/c1-5-20-28-18-11-10-17(12-19(18)36-20)27-22-29-23(33)31(14-25(2,3)21(32)35-4)24(34)30(22)13-15-6-8-16(26)9-7-15/h6-12,22,27H,5,13-14H2,1-4H3,(H,29,33). The number of aryl methyl sites for hydroxylation is 1. The zero-order valence-corrected chi connectivity index (χ0v) is 22.1. The minimum absolute atomic E-state index is 0.138. The monoisotopic (exact) mass is 529 g/mol. The van der Waals surface area contributed by atoms with Gasteiger partial charge in [0.2, 0.25) is 0 Å². The number of halogens is 1. The highest BCUT2D eigenvalue weighted by Crippen LogP contribution is 2.28. The van der Waals surface area contributed by atoms with Gasteiger partial charge >= 0.3 is 18.0 Å². The predicted molar refractivity (Wildman–Crippen MR) is 140 cm³/mol. The lowest BCUT2D eigenvalue weighted by atomic mass is 9.93. The van der Waals surface area contributed by atoms with Gasteiger partial charge in [-0.1, -0.05) is 30.7 Å². The fourth-order valence-electron chi connectivity index (χ4n) is 3.93. The largest absolute Gasteiger partial charge is 0.469 e. The molecule has 1 aromatic heterocycles. The molecule has 0 radical (unpaired) electrons. The van der Waals surface area contributed by atoms with Crippen molar-refractivity contribution in [1.29, 1.82) is 0 Å². The van der Waals surface area contributed by atoms with E-state index in [-0.39, 0.29) is 13.1 Å². The van der Waals surface area contributed by atoms with Crippen molar-refractivity contribution in [2.75, 3.05) is 19.0 Å². The number of aromatic nitrogens is 1. The number of imide groups is 1. The molecule has 1 aliphatic heterocycles. The van der Waals surface area contributed by atoms with Crippen molar-refractivity contribution in [1.82, 2.24) is 20.1 Å². The van der Waals surface area contributed by atoms with Crippen molar-refractivity contribution < 1.29 is 19.1 Å². The van der Waals surface area contributed by atoms with Crippen molar-refractivity contribution in [3.8, 4) is 0 Å². The number of rotatable bonds is 8. The lowest BCUT2D eigenvalue weighted by molar-refractivity contribution is -0.151. The average molecular weight is 530 g/mol. The summed E-state index contributed by atoms with van der Waals surface area (Å²) in [6.45, 7) is 5.37. The third-order valence-electron chi connectivity index (χ3n) is 5.89. The van der Waals surface area contributed by atoms with E-state index in [2.05, 4.69) is 22.5 Å². The maximum absolute atomic E-state index is 13.6. The fourth-order valence-corrected chi connectivity index (χ4v) is 5.00. The van der Waals surface area contributed by atoms with Crippen molar-refractivity contribution in [2.24, 2.45) is 5.41 Å². The summed E-state index contributed by atoms with van der Waals surface area (Å²) in [6, 6.07) is 11.7.